The summed E-state index contributed by atoms with van der Waals surface area (Å²) in [5.74, 6) is -4.09. The molecule has 0 fully saturated rings. The maximum absolute atomic E-state index is 12.7. The van der Waals surface area contributed by atoms with Crippen molar-refractivity contribution >= 4 is 5.84 Å². The molecule has 0 aliphatic heterocycles. The molecule has 6 heteroatoms. The first-order valence-corrected chi connectivity index (χ1v) is 3.22. The summed E-state index contributed by atoms with van der Waals surface area (Å²) >= 11 is 0. The van der Waals surface area contributed by atoms with Gasteiger partial charge in [0, 0.05) is 0 Å². The van der Waals surface area contributed by atoms with E-state index in [1.807, 2.05) is 0 Å². The lowest BCUT2D eigenvalue weighted by Crippen LogP contribution is -2.14. The number of halogens is 2. The fourth-order valence-electron chi connectivity index (χ4n) is 0.800. The third kappa shape index (κ3) is 1.51. The molecule has 1 aromatic rings. The van der Waals surface area contributed by atoms with Crippen molar-refractivity contribution in [2.24, 2.45) is 10.9 Å². The first kappa shape index (κ1) is 9.24. The molecule has 0 bridgehead atoms. The normalized spacial score (nSPS) is 11.7. The predicted octanol–water partition coefficient (Wildman–Crippen LogP) is 0.765. The second-order valence-electron chi connectivity index (χ2n) is 2.24. The summed E-state index contributed by atoms with van der Waals surface area (Å²) in [6.07, 6.45) is 0. The van der Waals surface area contributed by atoms with E-state index in [0.717, 1.165) is 12.1 Å². The second-order valence-corrected chi connectivity index (χ2v) is 2.24. The third-order valence-electron chi connectivity index (χ3n) is 1.45. The Hall–Kier alpha value is -1.85. The summed E-state index contributed by atoms with van der Waals surface area (Å²) < 4.78 is 25.1. The first-order chi connectivity index (χ1) is 6.07. The number of hydrogen-bond donors (Lipinski definition) is 3. The average molecular weight is 188 g/mol. The Bertz CT molecular complexity index is 366. The maximum Gasteiger partial charge on any atom is 0.201 e. The van der Waals surface area contributed by atoms with Crippen LogP contribution >= 0.6 is 0 Å². The molecule has 13 heavy (non-hydrogen) atoms. The summed E-state index contributed by atoms with van der Waals surface area (Å²) in [4.78, 5) is 0. The Morgan fingerprint density at radius 3 is 2.54 bits per heavy atom. The van der Waals surface area contributed by atoms with E-state index in [9.17, 15) is 8.78 Å². The van der Waals surface area contributed by atoms with E-state index in [2.05, 4.69) is 5.16 Å². The largest absolute Gasteiger partial charge is 0.504 e. The SMILES string of the molecule is N/C(=N/O)c1ccc(F)c(F)c1O. The van der Waals surface area contributed by atoms with E-state index in [4.69, 9.17) is 16.0 Å². The molecule has 0 aliphatic rings. The zero-order chi connectivity index (χ0) is 10.0. The summed E-state index contributed by atoms with van der Waals surface area (Å²) in [6, 6.07) is 1.77. The van der Waals surface area contributed by atoms with Crippen molar-refractivity contribution < 1.29 is 19.1 Å². The maximum atomic E-state index is 12.7. The molecule has 1 rings (SSSR count). The Labute approximate surface area is 71.9 Å². The smallest absolute Gasteiger partial charge is 0.201 e. The van der Waals surface area contributed by atoms with Crippen molar-refractivity contribution in [2.45, 2.75) is 0 Å². The second kappa shape index (κ2) is 3.26. The van der Waals surface area contributed by atoms with Gasteiger partial charge in [-0.3, -0.25) is 0 Å². The third-order valence-corrected chi connectivity index (χ3v) is 1.45. The molecule has 0 heterocycles. The fourth-order valence-corrected chi connectivity index (χ4v) is 0.800. The number of hydrogen-bond acceptors (Lipinski definition) is 3. The highest BCUT2D eigenvalue weighted by molar-refractivity contribution is 5.99. The predicted molar refractivity (Wildman–Crippen MR) is 40.5 cm³/mol. The van der Waals surface area contributed by atoms with Gasteiger partial charge in [0.05, 0.1) is 5.56 Å². The van der Waals surface area contributed by atoms with Gasteiger partial charge < -0.3 is 16.0 Å². The zero-order valence-electron chi connectivity index (χ0n) is 6.33. The topological polar surface area (TPSA) is 78.8 Å². The molecule has 1 aromatic carbocycles. The number of oxime groups is 1. The van der Waals surface area contributed by atoms with E-state index in [-0.39, 0.29) is 5.56 Å². The Balaban J connectivity index is 3.34. The van der Waals surface area contributed by atoms with Gasteiger partial charge in [-0.15, -0.1) is 0 Å². The van der Waals surface area contributed by atoms with Gasteiger partial charge in [-0.05, 0) is 12.1 Å². The van der Waals surface area contributed by atoms with Gasteiger partial charge in [0.2, 0.25) is 5.82 Å². The number of rotatable bonds is 1. The number of benzene rings is 1. The molecule has 4 N–H and O–H groups in total. The van der Waals surface area contributed by atoms with Crippen LogP contribution in [0.2, 0.25) is 0 Å². The Morgan fingerprint density at radius 1 is 1.38 bits per heavy atom. The lowest BCUT2D eigenvalue weighted by molar-refractivity contribution is 0.318. The van der Waals surface area contributed by atoms with Crippen LogP contribution < -0.4 is 5.73 Å². The first-order valence-electron chi connectivity index (χ1n) is 3.22. The number of phenols is 1. The summed E-state index contributed by atoms with van der Waals surface area (Å²) in [5.41, 5.74) is 4.80. The van der Waals surface area contributed by atoms with Crippen LogP contribution in [0.5, 0.6) is 5.75 Å². The molecular weight excluding hydrogens is 182 g/mol. The number of aromatic hydroxyl groups is 1. The van der Waals surface area contributed by atoms with Gasteiger partial charge in [-0.2, -0.15) is 4.39 Å². The van der Waals surface area contributed by atoms with Crippen molar-refractivity contribution in [1.29, 1.82) is 0 Å². The van der Waals surface area contributed by atoms with Crippen molar-refractivity contribution in [3.8, 4) is 5.75 Å². The van der Waals surface area contributed by atoms with E-state index in [1.54, 1.807) is 0 Å². The van der Waals surface area contributed by atoms with Crippen LogP contribution in [0.1, 0.15) is 5.56 Å². The van der Waals surface area contributed by atoms with Crippen LogP contribution in [-0.4, -0.2) is 16.1 Å². The molecule has 0 aliphatic carbocycles. The monoisotopic (exact) mass is 188 g/mol. The quantitative estimate of drug-likeness (QED) is 0.263. The van der Waals surface area contributed by atoms with Crippen molar-refractivity contribution in [3.63, 3.8) is 0 Å². The van der Waals surface area contributed by atoms with Crippen LogP contribution in [0.15, 0.2) is 17.3 Å². The molecule has 4 nitrogen and oxygen atoms in total. The van der Waals surface area contributed by atoms with Gasteiger partial charge >= 0.3 is 0 Å². The van der Waals surface area contributed by atoms with Gasteiger partial charge in [0.1, 0.15) is 0 Å². The number of nitrogens with zero attached hydrogens (tertiary/aromatic N) is 1. The Morgan fingerprint density at radius 2 is 2.00 bits per heavy atom. The minimum atomic E-state index is -1.43. The highest BCUT2D eigenvalue weighted by Gasteiger charge is 2.14. The lowest BCUT2D eigenvalue weighted by atomic mass is 10.1. The molecular formula is C7H6F2N2O2. The van der Waals surface area contributed by atoms with Gasteiger partial charge in [-0.25, -0.2) is 4.39 Å². The summed E-state index contributed by atoms with van der Waals surface area (Å²) in [5, 5.41) is 19.7. The molecule has 0 atom stereocenters. The molecule has 0 aromatic heterocycles. The molecule has 0 spiro atoms. The molecule has 0 saturated heterocycles. The Kier molecular flexibility index (Phi) is 2.32. The number of amidine groups is 1. The van der Waals surface area contributed by atoms with Crippen molar-refractivity contribution in [1.82, 2.24) is 0 Å². The van der Waals surface area contributed by atoms with Crippen molar-refractivity contribution in [3.05, 3.63) is 29.3 Å². The van der Waals surface area contributed by atoms with Crippen LogP contribution in [-0.2, 0) is 0 Å². The minimum Gasteiger partial charge on any atom is -0.504 e. The van der Waals surface area contributed by atoms with Gasteiger partial charge in [-0.1, -0.05) is 5.16 Å². The number of nitrogens with two attached hydrogens (primary N) is 1. The van der Waals surface area contributed by atoms with Gasteiger partial charge in [0.15, 0.2) is 17.4 Å². The highest BCUT2D eigenvalue weighted by Crippen LogP contribution is 2.22. The van der Waals surface area contributed by atoms with Gasteiger partial charge in [0.25, 0.3) is 0 Å². The number of phenolic OH excluding ortho intramolecular Hbond substituents is 1. The molecule has 0 radical (unpaired) electrons. The zero-order valence-corrected chi connectivity index (χ0v) is 6.33. The molecule has 70 valence electrons. The molecule has 0 amide bonds. The standard InChI is InChI=1S/C7H6F2N2O2/c8-4-2-1-3(7(10)11-13)6(12)5(4)9/h1-2,12-13H,(H2,10,11). The minimum absolute atomic E-state index is 0.263. The van der Waals surface area contributed by atoms with Crippen molar-refractivity contribution in [2.75, 3.05) is 0 Å². The fraction of sp³-hybridized carbons (Fsp3) is 0. The van der Waals surface area contributed by atoms with E-state index >= 15 is 0 Å². The highest BCUT2D eigenvalue weighted by atomic mass is 19.2. The summed E-state index contributed by atoms with van der Waals surface area (Å²) in [6.45, 7) is 0. The lowest BCUT2D eigenvalue weighted by Gasteiger charge is -2.03. The van der Waals surface area contributed by atoms with Crippen LogP contribution in [0, 0.1) is 11.6 Å². The van der Waals surface area contributed by atoms with E-state index in [0.29, 0.717) is 0 Å². The van der Waals surface area contributed by atoms with Crippen LogP contribution in [0.25, 0.3) is 0 Å². The van der Waals surface area contributed by atoms with Crippen LogP contribution in [0.4, 0.5) is 8.78 Å². The van der Waals surface area contributed by atoms with E-state index < -0.39 is 23.2 Å². The van der Waals surface area contributed by atoms with Crippen LogP contribution in [0.3, 0.4) is 0 Å². The molecule has 0 saturated carbocycles. The van der Waals surface area contributed by atoms with E-state index in [1.165, 1.54) is 0 Å². The molecule has 0 unspecified atom stereocenters. The average Bonchev–Trinajstić information content (AvgIpc) is 2.13. The summed E-state index contributed by atoms with van der Waals surface area (Å²) in [7, 11) is 0.